The number of carbonyl (C=O) groups excluding carboxylic acids is 4. The zero-order valence-electron chi connectivity index (χ0n) is 20.4. The molecule has 0 spiro atoms. The summed E-state index contributed by atoms with van der Waals surface area (Å²) in [5.41, 5.74) is 0.657. The number of fused-ring (bicyclic) bond motifs is 1. The Balaban J connectivity index is 1.77. The van der Waals surface area contributed by atoms with Crippen LogP contribution in [0.3, 0.4) is 0 Å². The number of hydrogen-bond donors (Lipinski definition) is 1. The molecule has 9 heteroatoms. The summed E-state index contributed by atoms with van der Waals surface area (Å²) in [6.07, 6.45) is 5.30. The zero-order valence-corrected chi connectivity index (χ0v) is 21.9. The molecule has 4 amide bonds. The third-order valence-corrected chi connectivity index (χ3v) is 7.16. The first-order valence-electron chi connectivity index (χ1n) is 12.1. The molecule has 1 heterocycles. The number of imide groups is 1. The minimum absolute atomic E-state index is 0.00159. The molecule has 1 saturated heterocycles. The molecule has 3 rings (SSSR count). The Kier molecular flexibility index (Phi) is 9.36. The van der Waals surface area contributed by atoms with Crippen molar-refractivity contribution in [2.75, 3.05) is 13.1 Å². The summed E-state index contributed by atoms with van der Waals surface area (Å²) in [5.74, 6) is -1.41. The lowest BCUT2D eigenvalue weighted by molar-refractivity contribution is -0.144. The molecule has 7 nitrogen and oxygen atoms in total. The van der Waals surface area contributed by atoms with Gasteiger partial charge in [0.2, 0.25) is 23.6 Å². The van der Waals surface area contributed by atoms with Crippen molar-refractivity contribution in [2.24, 2.45) is 17.8 Å². The van der Waals surface area contributed by atoms with Crippen molar-refractivity contribution in [3.05, 3.63) is 46.0 Å². The van der Waals surface area contributed by atoms with Gasteiger partial charge in [0.05, 0.1) is 11.8 Å². The molecular weight excluding hydrogens is 489 g/mol. The average molecular weight is 522 g/mol. The van der Waals surface area contributed by atoms with E-state index in [0.717, 1.165) is 0 Å². The monoisotopic (exact) mass is 521 g/mol. The Morgan fingerprint density at radius 3 is 2.29 bits per heavy atom. The summed E-state index contributed by atoms with van der Waals surface area (Å²) >= 11 is 12.4. The second-order valence-electron chi connectivity index (χ2n) is 9.55. The average Bonchev–Trinajstić information content (AvgIpc) is 3.07. The molecule has 1 aromatic carbocycles. The summed E-state index contributed by atoms with van der Waals surface area (Å²) in [4.78, 5) is 54.8. The number of likely N-dealkylation sites (tertiary alicyclic amines) is 1. The SMILES string of the molecule is CC[C@H](C(=O)NCC(C)C)N(Cc1ccc(Cl)cc1Cl)C(=O)CCN1C(=O)[C@H]2CC=CC[C@H]2C1=O. The van der Waals surface area contributed by atoms with Crippen LogP contribution in [0.4, 0.5) is 0 Å². The topological polar surface area (TPSA) is 86.8 Å². The van der Waals surface area contributed by atoms with Crippen molar-refractivity contribution in [3.63, 3.8) is 0 Å². The quantitative estimate of drug-likeness (QED) is 0.369. The minimum Gasteiger partial charge on any atom is -0.354 e. The van der Waals surface area contributed by atoms with Crippen LogP contribution in [0, 0.1) is 17.8 Å². The molecule has 1 fully saturated rings. The van der Waals surface area contributed by atoms with Gasteiger partial charge in [-0.05, 0) is 42.9 Å². The zero-order chi connectivity index (χ0) is 25.7. The molecule has 0 bridgehead atoms. The summed E-state index contributed by atoms with van der Waals surface area (Å²) in [6.45, 7) is 6.43. The predicted octanol–water partition coefficient (Wildman–Crippen LogP) is 4.21. The number of halogens is 2. The molecule has 1 aromatic rings. The second kappa shape index (κ2) is 12.0. The van der Waals surface area contributed by atoms with Gasteiger partial charge in [0.1, 0.15) is 6.04 Å². The molecule has 0 aromatic heterocycles. The van der Waals surface area contributed by atoms with Crippen LogP contribution < -0.4 is 5.32 Å². The van der Waals surface area contributed by atoms with Crippen molar-refractivity contribution < 1.29 is 19.2 Å². The molecule has 0 saturated carbocycles. The lowest BCUT2D eigenvalue weighted by Gasteiger charge is -2.31. The number of carbonyl (C=O) groups is 4. The second-order valence-corrected chi connectivity index (χ2v) is 10.4. The van der Waals surface area contributed by atoms with Crippen molar-refractivity contribution in [3.8, 4) is 0 Å². The molecule has 1 aliphatic heterocycles. The number of hydrogen-bond acceptors (Lipinski definition) is 4. The Morgan fingerprint density at radius 1 is 1.11 bits per heavy atom. The maximum Gasteiger partial charge on any atom is 0.242 e. The largest absolute Gasteiger partial charge is 0.354 e. The predicted molar refractivity (Wildman–Crippen MR) is 136 cm³/mol. The van der Waals surface area contributed by atoms with Gasteiger partial charge in [-0.2, -0.15) is 0 Å². The van der Waals surface area contributed by atoms with Crippen molar-refractivity contribution in [2.45, 2.75) is 59.0 Å². The maximum absolute atomic E-state index is 13.5. The molecule has 35 heavy (non-hydrogen) atoms. The Morgan fingerprint density at radius 2 is 1.74 bits per heavy atom. The smallest absolute Gasteiger partial charge is 0.242 e. The van der Waals surface area contributed by atoms with Gasteiger partial charge in [-0.25, -0.2) is 0 Å². The number of allylic oxidation sites excluding steroid dienone is 2. The first-order chi connectivity index (χ1) is 16.6. The van der Waals surface area contributed by atoms with E-state index in [2.05, 4.69) is 5.32 Å². The van der Waals surface area contributed by atoms with Crippen LogP contribution in [-0.2, 0) is 25.7 Å². The van der Waals surface area contributed by atoms with Crippen molar-refractivity contribution in [1.29, 1.82) is 0 Å². The molecule has 0 unspecified atom stereocenters. The lowest BCUT2D eigenvalue weighted by Crippen LogP contribution is -2.50. The highest BCUT2D eigenvalue weighted by Gasteiger charge is 2.47. The number of nitrogens with one attached hydrogen (secondary N) is 1. The standard InChI is InChI=1S/C26H33Cl2N3O4/c1-4-22(24(33)29-14-16(2)3)31(15-17-9-10-18(27)13-21(17)28)23(32)11-12-30-25(34)19-7-5-6-8-20(19)26(30)35/h5-6,9-10,13,16,19-20,22H,4,7-8,11-12,14-15H2,1-3H3,(H,29,33)/t19-,20+,22-/m1/s1. The molecule has 2 aliphatic rings. The third-order valence-electron chi connectivity index (χ3n) is 6.57. The van der Waals surface area contributed by atoms with E-state index in [1.165, 1.54) is 9.80 Å². The Bertz CT molecular complexity index is 984. The molecule has 0 radical (unpaired) electrons. The fourth-order valence-corrected chi connectivity index (χ4v) is 5.08. The Labute approximate surface area is 216 Å². The van der Waals surface area contributed by atoms with Gasteiger partial charge >= 0.3 is 0 Å². The fraction of sp³-hybridized carbons (Fsp3) is 0.538. The van der Waals surface area contributed by atoms with Gasteiger partial charge in [-0.3, -0.25) is 24.1 Å². The summed E-state index contributed by atoms with van der Waals surface area (Å²) in [6, 6.07) is 4.29. The van der Waals surface area contributed by atoms with Crippen LogP contribution in [0.25, 0.3) is 0 Å². The number of rotatable bonds is 10. The molecular formula is C26H33Cl2N3O4. The van der Waals surface area contributed by atoms with Crippen LogP contribution in [0.15, 0.2) is 30.4 Å². The van der Waals surface area contributed by atoms with Crippen LogP contribution in [0.2, 0.25) is 10.0 Å². The van der Waals surface area contributed by atoms with Gasteiger partial charge < -0.3 is 10.2 Å². The molecule has 1 N–H and O–H groups in total. The van der Waals surface area contributed by atoms with Gasteiger partial charge in [0.25, 0.3) is 0 Å². The highest BCUT2D eigenvalue weighted by molar-refractivity contribution is 6.35. The molecule has 3 atom stereocenters. The third kappa shape index (κ3) is 6.44. The summed E-state index contributed by atoms with van der Waals surface area (Å²) < 4.78 is 0. The minimum atomic E-state index is -0.718. The van der Waals surface area contributed by atoms with Crippen LogP contribution in [-0.4, -0.2) is 52.6 Å². The van der Waals surface area contributed by atoms with Crippen molar-refractivity contribution in [1.82, 2.24) is 15.1 Å². The van der Waals surface area contributed by atoms with Gasteiger partial charge in [-0.1, -0.05) is 62.2 Å². The first kappa shape index (κ1) is 27.2. The van der Waals surface area contributed by atoms with E-state index in [4.69, 9.17) is 23.2 Å². The van der Waals surface area contributed by atoms with E-state index in [1.807, 2.05) is 32.9 Å². The van der Waals surface area contributed by atoms with E-state index in [-0.39, 0.29) is 60.9 Å². The van der Waals surface area contributed by atoms with Gasteiger partial charge in [0.15, 0.2) is 0 Å². The lowest BCUT2D eigenvalue weighted by atomic mass is 9.85. The van der Waals surface area contributed by atoms with E-state index in [1.54, 1.807) is 18.2 Å². The van der Waals surface area contributed by atoms with E-state index >= 15 is 0 Å². The maximum atomic E-state index is 13.5. The van der Waals surface area contributed by atoms with Crippen molar-refractivity contribution >= 4 is 46.8 Å². The number of nitrogens with zero attached hydrogens (tertiary/aromatic N) is 2. The molecule has 190 valence electrons. The fourth-order valence-electron chi connectivity index (χ4n) is 4.62. The van der Waals surface area contributed by atoms with Crippen LogP contribution >= 0.6 is 23.2 Å². The van der Waals surface area contributed by atoms with Gasteiger partial charge in [-0.15, -0.1) is 0 Å². The number of amides is 4. The van der Waals surface area contributed by atoms with E-state index in [9.17, 15) is 19.2 Å². The summed E-state index contributed by atoms with van der Waals surface area (Å²) in [7, 11) is 0. The highest BCUT2D eigenvalue weighted by atomic mass is 35.5. The first-order valence-corrected chi connectivity index (χ1v) is 12.9. The van der Waals surface area contributed by atoms with Crippen LogP contribution in [0.1, 0.15) is 52.0 Å². The Hall–Kier alpha value is -2.38. The van der Waals surface area contributed by atoms with E-state index < -0.39 is 6.04 Å². The van der Waals surface area contributed by atoms with E-state index in [0.29, 0.717) is 41.4 Å². The van der Waals surface area contributed by atoms with Crippen LogP contribution in [0.5, 0.6) is 0 Å². The number of benzene rings is 1. The normalized spacial score (nSPS) is 20.2. The van der Waals surface area contributed by atoms with Gasteiger partial charge in [0, 0.05) is 36.1 Å². The molecule has 1 aliphatic carbocycles. The summed E-state index contributed by atoms with van der Waals surface area (Å²) in [5, 5.41) is 3.78. The highest BCUT2D eigenvalue weighted by Crippen LogP contribution is 2.35.